The fraction of sp³-hybridized carbons (Fsp3) is 0.261. The van der Waals surface area contributed by atoms with Crippen LogP contribution in [0.3, 0.4) is 0 Å². The van der Waals surface area contributed by atoms with E-state index in [1.54, 1.807) is 19.2 Å². The topological polar surface area (TPSA) is 79.0 Å². The molecule has 9 heteroatoms. The molecule has 1 aliphatic rings. The Kier molecular flexibility index (Phi) is 8.41. The van der Waals surface area contributed by atoms with Gasteiger partial charge in [-0.15, -0.1) is 0 Å². The molecule has 2 aromatic rings. The highest BCUT2D eigenvalue weighted by molar-refractivity contribution is 8.18. The van der Waals surface area contributed by atoms with Crippen molar-refractivity contribution >= 4 is 34.9 Å². The van der Waals surface area contributed by atoms with Crippen LogP contribution in [0.2, 0.25) is 0 Å². The number of likely N-dealkylation sites (N-methyl/N-ethyl adjacent to an activating group) is 1. The first-order chi connectivity index (χ1) is 15.4. The fourth-order valence-corrected chi connectivity index (χ4v) is 3.81. The van der Waals surface area contributed by atoms with Crippen molar-refractivity contribution in [1.82, 2.24) is 15.1 Å². The molecule has 0 aromatic heterocycles. The second-order valence-corrected chi connectivity index (χ2v) is 8.10. The molecule has 3 rings (SSSR count). The van der Waals surface area contributed by atoms with Crippen LogP contribution in [0, 0.1) is 5.82 Å². The normalized spacial score (nSPS) is 15.0. The molecule has 0 bridgehead atoms. The first-order valence-electron chi connectivity index (χ1n) is 10.1. The maximum Gasteiger partial charge on any atom is 0.293 e. The molecule has 3 amide bonds. The number of hydrogen-bond acceptors (Lipinski definition) is 6. The number of halogens is 1. The van der Waals surface area contributed by atoms with Gasteiger partial charge in [-0.2, -0.15) is 0 Å². The molecule has 0 spiro atoms. The van der Waals surface area contributed by atoms with Crippen LogP contribution >= 0.6 is 11.8 Å². The summed E-state index contributed by atoms with van der Waals surface area (Å²) in [7, 11) is 1.80. The first-order valence-corrected chi connectivity index (χ1v) is 10.9. The van der Waals surface area contributed by atoms with Gasteiger partial charge in [-0.1, -0.05) is 36.4 Å². The molecule has 1 aliphatic heterocycles. The molecule has 1 N–H and O–H groups in total. The summed E-state index contributed by atoms with van der Waals surface area (Å²) in [6.45, 7) is 1.35. The lowest BCUT2D eigenvalue weighted by Gasteiger charge is -2.17. The lowest BCUT2D eigenvalue weighted by molar-refractivity contribution is -0.124. The van der Waals surface area contributed by atoms with Gasteiger partial charge < -0.3 is 10.1 Å². The van der Waals surface area contributed by atoms with Crippen molar-refractivity contribution in [2.24, 2.45) is 0 Å². The minimum atomic E-state index is -0.493. The molecule has 32 heavy (non-hydrogen) atoms. The SMILES string of the molecule is CN(CCOc1ccccc1)CC(=O)NCCN1C(=O)S/C(=C\c2ccccc2F)C1=O. The number of thioether (sulfide) groups is 1. The van der Waals surface area contributed by atoms with E-state index in [4.69, 9.17) is 4.74 Å². The Morgan fingerprint density at radius 1 is 1.16 bits per heavy atom. The van der Waals surface area contributed by atoms with Crippen molar-refractivity contribution in [2.45, 2.75) is 0 Å². The summed E-state index contributed by atoms with van der Waals surface area (Å²) >= 11 is 0.759. The molecule has 7 nitrogen and oxygen atoms in total. The third-order valence-corrected chi connectivity index (χ3v) is 5.53. The van der Waals surface area contributed by atoms with Gasteiger partial charge in [0.25, 0.3) is 11.1 Å². The smallest absolute Gasteiger partial charge is 0.293 e. The van der Waals surface area contributed by atoms with E-state index in [9.17, 15) is 18.8 Å². The summed E-state index contributed by atoms with van der Waals surface area (Å²) in [5, 5.41) is 2.26. The highest BCUT2D eigenvalue weighted by Crippen LogP contribution is 2.32. The maximum absolute atomic E-state index is 13.8. The second-order valence-electron chi connectivity index (χ2n) is 7.10. The van der Waals surface area contributed by atoms with Gasteiger partial charge in [0.15, 0.2) is 0 Å². The predicted octanol–water partition coefficient (Wildman–Crippen LogP) is 2.99. The van der Waals surface area contributed by atoms with Crippen LogP contribution in [0.1, 0.15) is 5.56 Å². The lowest BCUT2D eigenvalue weighted by atomic mass is 10.2. The molecule has 0 aliphatic carbocycles. The standard InChI is InChI=1S/C23H24FN3O4S/c1-26(13-14-31-18-8-3-2-4-9-18)16-21(28)25-11-12-27-22(29)20(32-23(27)30)15-17-7-5-6-10-19(17)24/h2-10,15H,11-14,16H2,1H3,(H,25,28)/b20-15-. The number of rotatable bonds is 10. The number of amides is 3. The summed E-state index contributed by atoms with van der Waals surface area (Å²) in [5.74, 6) is -0.412. The Hall–Kier alpha value is -3.17. The van der Waals surface area contributed by atoms with Crippen molar-refractivity contribution in [3.05, 3.63) is 70.9 Å². The second kappa shape index (κ2) is 11.4. The molecule has 1 heterocycles. The zero-order valence-electron chi connectivity index (χ0n) is 17.6. The van der Waals surface area contributed by atoms with E-state index in [2.05, 4.69) is 5.32 Å². The minimum Gasteiger partial charge on any atom is -0.492 e. The minimum absolute atomic E-state index is 0.0475. The van der Waals surface area contributed by atoms with Gasteiger partial charge in [0, 0.05) is 25.2 Å². The summed E-state index contributed by atoms with van der Waals surface area (Å²) in [6, 6.07) is 15.4. The number of para-hydroxylation sites is 1. The average Bonchev–Trinajstić information content (AvgIpc) is 3.03. The number of hydrogen-bond donors (Lipinski definition) is 1. The molecular weight excluding hydrogens is 433 g/mol. The third kappa shape index (κ3) is 6.66. The number of ether oxygens (including phenoxy) is 1. The van der Waals surface area contributed by atoms with E-state index in [1.165, 1.54) is 18.2 Å². The first kappa shape index (κ1) is 23.5. The van der Waals surface area contributed by atoms with Crippen molar-refractivity contribution < 1.29 is 23.5 Å². The lowest BCUT2D eigenvalue weighted by Crippen LogP contribution is -2.41. The van der Waals surface area contributed by atoms with Crippen molar-refractivity contribution in [3.63, 3.8) is 0 Å². The van der Waals surface area contributed by atoms with E-state index < -0.39 is 17.0 Å². The van der Waals surface area contributed by atoms with Crippen LogP contribution in [0.5, 0.6) is 5.75 Å². The number of carbonyl (C=O) groups excluding carboxylic acids is 3. The quantitative estimate of drug-likeness (QED) is 0.553. The number of carbonyl (C=O) groups is 3. The van der Waals surface area contributed by atoms with Gasteiger partial charge in [0.1, 0.15) is 18.2 Å². The maximum atomic E-state index is 13.8. The van der Waals surface area contributed by atoms with Gasteiger partial charge in [-0.25, -0.2) is 4.39 Å². The molecular formula is C23H24FN3O4S. The van der Waals surface area contributed by atoms with E-state index >= 15 is 0 Å². The average molecular weight is 458 g/mol. The van der Waals surface area contributed by atoms with Crippen LogP contribution in [-0.4, -0.2) is 66.7 Å². The monoisotopic (exact) mass is 457 g/mol. The summed E-state index contributed by atoms with van der Waals surface area (Å²) in [5.41, 5.74) is 0.241. The Bertz CT molecular complexity index is 1000. The molecule has 1 fully saturated rings. The molecule has 0 atom stereocenters. The molecule has 168 valence electrons. The van der Waals surface area contributed by atoms with Gasteiger partial charge in [-0.3, -0.25) is 24.2 Å². The highest BCUT2D eigenvalue weighted by Gasteiger charge is 2.34. The largest absolute Gasteiger partial charge is 0.492 e. The number of benzene rings is 2. The van der Waals surface area contributed by atoms with Gasteiger partial charge in [-0.05, 0) is 43.1 Å². The van der Waals surface area contributed by atoms with Crippen LogP contribution in [-0.2, 0) is 9.59 Å². The van der Waals surface area contributed by atoms with Gasteiger partial charge in [0.05, 0.1) is 11.4 Å². The number of nitrogens with zero attached hydrogens (tertiary/aromatic N) is 2. The molecule has 0 radical (unpaired) electrons. The van der Waals surface area contributed by atoms with E-state index in [1.807, 2.05) is 35.2 Å². The fourth-order valence-electron chi connectivity index (χ4n) is 2.95. The molecule has 2 aromatic carbocycles. The van der Waals surface area contributed by atoms with Crippen LogP contribution in [0.4, 0.5) is 9.18 Å². The van der Waals surface area contributed by atoms with Crippen molar-refractivity contribution in [1.29, 1.82) is 0 Å². The Morgan fingerprint density at radius 2 is 1.88 bits per heavy atom. The Morgan fingerprint density at radius 3 is 2.62 bits per heavy atom. The highest BCUT2D eigenvalue weighted by atomic mass is 32.2. The van der Waals surface area contributed by atoms with Gasteiger partial charge >= 0.3 is 0 Å². The van der Waals surface area contributed by atoms with Crippen LogP contribution in [0.25, 0.3) is 6.08 Å². The number of imide groups is 1. The number of nitrogens with one attached hydrogen (secondary N) is 1. The Labute approximate surface area is 190 Å². The predicted molar refractivity (Wildman–Crippen MR) is 122 cm³/mol. The van der Waals surface area contributed by atoms with E-state index in [0.717, 1.165) is 22.4 Å². The van der Waals surface area contributed by atoms with E-state index in [0.29, 0.717) is 13.2 Å². The summed E-state index contributed by atoms with van der Waals surface area (Å²) < 4.78 is 19.4. The van der Waals surface area contributed by atoms with Crippen LogP contribution in [0.15, 0.2) is 59.5 Å². The zero-order chi connectivity index (χ0) is 22.9. The van der Waals surface area contributed by atoms with Crippen LogP contribution < -0.4 is 10.1 Å². The van der Waals surface area contributed by atoms with Crippen molar-refractivity contribution in [2.75, 3.05) is 39.8 Å². The van der Waals surface area contributed by atoms with Crippen molar-refractivity contribution in [3.8, 4) is 5.75 Å². The molecule has 0 unspecified atom stereocenters. The van der Waals surface area contributed by atoms with E-state index in [-0.39, 0.29) is 36.0 Å². The summed E-state index contributed by atoms with van der Waals surface area (Å²) in [4.78, 5) is 39.8. The summed E-state index contributed by atoms with van der Waals surface area (Å²) in [6.07, 6.45) is 1.37. The molecule has 0 saturated carbocycles. The van der Waals surface area contributed by atoms with Gasteiger partial charge in [0.2, 0.25) is 5.91 Å². The zero-order valence-corrected chi connectivity index (χ0v) is 18.4. The molecule has 1 saturated heterocycles. The third-order valence-electron chi connectivity index (χ3n) is 4.62. The Balaban J connectivity index is 1.39.